The summed E-state index contributed by atoms with van der Waals surface area (Å²) in [5.41, 5.74) is 1.54. The standard InChI is InChI=1S/C23H29NO6/c1-4-17-8-7-9-19(14-17)29-12-13-30-22(25)16-24-23(26)18-10-11-20(27-5-2)21(15-18)28-6-3/h7-11,14-15H,4-6,12-13,16H2,1-3H3,(H,24,26). The average molecular weight is 415 g/mol. The lowest BCUT2D eigenvalue weighted by Crippen LogP contribution is -2.31. The van der Waals surface area contributed by atoms with E-state index in [0.717, 1.165) is 12.2 Å². The van der Waals surface area contributed by atoms with Crippen molar-refractivity contribution in [2.45, 2.75) is 27.2 Å². The highest BCUT2D eigenvalue weighted by Gasteiger charge is 2.13. The van der Waals surface area contributed by atoms with Gasteiger partial charge in [0.15, 0.2) is 11.5 Å². The SMILES string of the molecule is CCOc1ccc(C(=O)NCC(=O)OCCOc2cccc(CC)c2)cc1OCC. The topological polar surface area (TPSA) is 83.1 Å². The number of amides is 1. The van der Waals surface area contributed by atoms with Gasteiger partial charge in [-0.1, -0.05) is 19.1 Å². The van der Waals surface area contributed by atoms with Gasteiger partial charge in [0.2, 0.25) is 0 Å². The van der Waals surface area contributed by atoms with Crippen molar-refractivity contribution < 1.29 is 28.5 Å². The van der Waals surface area contributed by atoms with Crippen molar-refractivity contribution in [3.63, 3.8) is 0 Å². The molecular weight excluding hydrogens is 386 g/mol. The van der Waals surface area contributed by atoms with Gasteiger partial charge in [0.05, 0.1) is 13.2 Å². The van der Waals surface area contributed by atoms with Gasteiger partial charge < -0.3 is 24.3 Å². The number of carbonyl (C=O) groups excluding carboxylic acids is 2. The van der Waals surface area contributed by atoms with Gasteiger partial charge in [-0.25, -0.2) is 0 Å². The van der Waals surface area contributed by atoms with Crippen LogP contribution in [0.15, 0.2) is 42.5 Å². The second-order valence-electron chi connectivity index (χ2n) is 6.28. The molecule has 162 valence electrons. The number of hydrogen-bond donors (Lipinski definition) is 1. The van der Waals surface area contributed by atoms with Crippen LogP contribution in [0, 0.1) is 0 Å². The minimum Gasteiger partial charge on any atom is -0.490 e. The Morgan fingerprint density at radius 3 is 2.37 bits per heavy atom. The maximum Gasteiger partial charge on any atom is 0.325 e. The Bertz CT molecular complexity index is 836. The predicted molar refractivity (Wildman–Crippen MR) is 113 cm³/mol. The van der Waals surface area contributed by atoms with Crippen LogP contribution in [0.25, 0.3) is 0 Å². The maximum atomic E-state index is 12.3. The van der Waals surface area contributed by atoms with E-state index in [0.29, 0.717) is 30.3 Å². The van der Waals surface area contributed by atoms with Crippen LogP contribution in [0.1, 0.15) is 36.7 Å². The van der Waals surface area contributed by atoms with Crippen molar-refractivity contribution in [1.82, 2.24) is 5.32 Å². The summed E-state index contributed by atoms with van der Waals surface area (Å²) >= 11 is 0. The normalized spacial score (nSPS) is 10.2. The minimum atomic E-state index is -0.537. The fourth-order valence-electron chi connectivity index (χ4n) is 2.67. The molecular formula is C23H29NO6. The zero-order valence-electron chi connectivity index (χ0n) is 17.7. The third-order valence-electron chi connectivity index (χ3n) is 4.12. The van der Waals surface area contributed by atoms with E-state index in [9.17, 15) is 9.59 Å². The summed E-state index contributed by atoms with van der Waals surface area (Å²) in [7, 11) is 0. The molecule has 0 bridgehead atoms. The molecule has 0 saturated carbocycles. The van der Waals surface area contributed by atoms with Crippen molar-refractivity contribution in [3.05, 3.63) is 53.6 Å². The van der Waals surface area contributed by atoms with Crippen LogP contribution in [0.2, 0.25) is 0 Å². The fraction of sp³-hybridized carbons (Fsp3) is 0.391. The van der Waals surface area contributed by atoms with Gasteiger partial charge in [-0.2, -0.15) is 0 Å². The van der Waals surface area contributed by atoms with E-state index in [4.69, 9.17) is 18.9 Å². The van der Waals surface area contributed by atoms with Gasteiger partial charge in [-0.3, -0.25) is 9.59 Å². The second kappa shape index (κ2) is 12.4. The largest absolute Gasteiger partial charge is 0.490 e. The van der Waals surface area contributed by atoms with E-state index in [2.05, 4.69) is 12.2 Å². The van der Waals surface area contributed by atoms with Crippen molar-refractivity contribution in [2.24, 2.45) is 0 Å². The van der Waals surface area contributed by atoms with Gasteiger partial charge in [-0.15, -0.1) is 0 Å². The van der Waals surface area contributed by atoms with E-state index in [-0.39, 0.29) is 19.8 Å². The number of ether oxygens (including phenoxy) is 4. The van der Waals surface area contributed by atoms with Crippen LogP contribution in [-0.4, -0.2) is 44.8 Å². The van der Waals surface area contributed by atoms with Crippen molar-refractivity contribution >= 4 is 11.9 Å². The van der Waals surface area contributed by atoms with E-state index in [1.54, 1.807) is 18.2 Å². The number of nitrogens with one attached hydrogen (secondary N) is 1. The number of aryl methyl sites for hydroxylation is 1. The van der Waals surface area contributed by atoms with Crippen LogP contribution >= 0.6 is 0 Å². The smallest absolute Gasteiger partial charge is 0.325 e. The van der Waals surface area contributed by atoms with Crippen LogP contribution in [0.4, 0.5) is 0 Å². The summed E-state index contributed by atoms with van der Waals surface area (Å²) in [5.74, 6) is 0.853. The number of carbonyl (C=O) groups is 2. The molecule has 1 N–H and O–H groups in total. The van der Waals surface area contributed by atoms with E-state index >= 15 is 0 Å². The third-order valence-corrected chi connectivity index (χ3v) is 4.12. The molecule has 0 spiro atoms. The zero-order chi connectivity index (χ0) is 21.8. The molecule has 7 heteroatoms. The van der Waals surface area contributed by atoms with E-state index in [1.165, 1.54) is 5.56 Å². The Balaban J connectivity index is 1.75. The van der Waals surface area contributed by atoms with Crippen molar-refractivity contribution in [1.29, 1.82) is 0 Å². The summed E-state index contributed by atoms with van der Waals surface area (Å²) in [6.45, 7) is 6.83. The first-order valence-electron chi connectivity index (χ1n) is 10.1. The Morgan fingerprint density at radius 2 is 1.63 bits per heavy atom. The molecule has 0 aliphatic rings. The molecule has 0 saturated heterocycles. The molecule has 2 aromatic rings. The molecule has 0 radical (unpaired) electrons. The second-order valence-corrected chi connectivity index (χ2v) is 6.28. The predicted octanol–water partition coefficient (Wildman–Crippen LogP) is 3.40. The van der Waals surface area contributed by atoms with E-state index < -0.39 is 11.9 Å². The molecule has 0 atom stereocenters. The molecule has 0 aromatic heterocycles. The van der Waals surface area contributed by atoms with Gasteiger partial charge in [-0.05, 0) is 56.2 Å². The highest BCUT2D eigenvalue weighted by molar-refractivity contribution is 5.96. The monoisotopic (exact) mass is 415 g/mol. The highest BCUT2D eigenvalue weighted by Crippen LogP contribution is 2.28. The fourth-order valence-corrected chi connectivity index (χ4v) is 2.67. The van der Waals surface area contributed by atoms with Gasteiger partial charge in [0.25, 0.3) is 5.91 Å². The molecule has 0 heterocycles. The lowest BCUT2D eigenvalue weighted by atomic mass is 10.2. The molecule has 30 heavy (non-hydrogen) atoms. The lowest BCUT2D eigenvalue weighted by molar-refractivity contribution is -0.143. The molecule has 2 aromatic carbocycles. The average Bonchev–Trinajstić information content (AvgIpc) is 2.76. The Kier molecular flexibility index (Phi) is 9.51. The van der Waals surface area contributed by atoms with Crippen molar-refractivity contribution in [2.75, 3.05) is 33.0 Å². The van der Waals surface area contributed by atoms with Gasteiger partial charge in [0, 0.05) is 5.56 Å². The Morgan fingerprint density at radius 1 is 0.867 bits per heavy atom. The van der Waals surface area contributed by atoms with Crippen molar-refractivity contribution in [3.8, 4) is 17.2 Å². The third kappa shape index (κ3) is 7.31. The molecule has 0 aliphatic carbocycles. The first-order chi connectivity index (χ1) is 14.6. The van der Waals surface area contributed by atoms with Gasteiger partial charge >= 0.3 is 5.97 Å². The lowest BCUT2D eigenvalue weighted by Gasteiger charge is -2.12. The van der Waals surface area contributed by atoms with Gasteiger partial charge in [0.1, 0.15) is 25.5 Å². The summed E-state index contributed by atoms with van der Waals surface area (Å²) in [6.07, 6.45) is 0.923. The van der Waals surface area contributed by atoms with Crippen LogP contribution < -0.4 is 19.5 Å². The quantitative estimate of drug-likeness (QED) is 0.423. The Hall–Kier alpha value is -3.22. The number of esters is 1. The maximum absolute atomic E-state index is 12.3. The van der Waals surface area contributed by atoms with Crippen LogP contribution in [0.3, 0.4) is 0 Å². The first-order valence-corrected chi connectivity index (χ1v) is 10.1. The summed E-state index contributed by atoms with van der Waals surface area (Å²) < 4.78 is 21.7. The first kappa shape index (κ1) is 23.1. The summed E-state index contributed by atoms with van der Waals surface area (Å²) in [6, 6.07) is 12.6. The Labute approximate surface area is 177 Å². The van der Waals surface area contributed by atoms with Crippen LogP contribution in [0.5, 0.6) is 17.2 Å². The molecule has 2 rings (SSSR count). The number of benzene rings is 2. The highest BCUT2D eigenvalue weighted by atomic mass is 16.6. The molecule has 0 unspecified atom stereocenters. The molecule has 1 amide bonds. The summed E-state index contributed by atoms with van der Waals surface area (Å²) in [5, 5.41) is 2.54. The van der Waals surface area contributed by atoms with Crippen LogP contribution in [-0.2, 0) is 16.0 Å². The molecule has 0 aliphatic heterocycles. The summed E-state index contributed by atoms with van der Waals surface area (Å²) in [4.78, 5) is 24.2. The number of rotatable bonds is 12. The molecule has 7 nitrogen and oxygen atoms in total. The molecule has 0 fully saturated rings. The zero-order valence-corrected chi connectivity index (χ0v) is 17.7. The van der Waals surface area contributed by atoms with E-state index in [1.807, 2.05) is 38.1 Å². The number of hydrogen-bond acceptors (Lipinski definition) is 6. The minimum absolute atomic E-state index is 0.0998.